The lowest BCUT2D eigenvalue weighted by Crippen LogP contribution is -2.82. The minimum atomic E-state index is -2.70. The maximum Gasteiger partial charge on any atom is 0.426 e. The highest BCUT2D eigenvalue weighted by Gasteiger charge is 2.79. The maximum atomic E-state index is 15.4. The Hall–Kier alpha value is -11.6. The van der Waals surface area contributed by atoms with Crippen LogP contribution in [0.3, 0.4) is 0 Å². The molecule has 5 aliphatic heterocycles. The number of aliphatic hydroxyl groups excluding tert-OH is 1. The van der Waals surface area contributed by atoms with Crippen molar-refractivity contribution in [2.75, 3.05) is 94.7 Å². The fourth-order valence-electron chi connectivity index (χ4n) is 19.9. The number of benzene rings is 3. The zero-order valence-electron chi connectivity index (χ0n) is 71.2. The molecule has 3 aromatic heterocycles. The first kappa shape index (κ1) is 94.5. The number of para-hydroxylation sites is 1. The molecule has 39 nitrogen and oxygen atoms in total. The molecule has 1 unspecified atom stereocenters. The number of fused-ring (bicyclic) bond motifs is 7. The molecule has 6 aromatic rings. The number of carbonyl (C=O) groups is 13. The number of aliphatic carboxylic acids is 4. The van der Waals surface area contributed by atoms with Crippen LogP contribution in [0.25, 0.3) is 22.1 Å². The van der Waals surface area contributed by atoms with Gasteiger partial charge in [0.2, 0.25) is 17.8 Å². The van der Waals surface area contributed by atoms with E-state index in [4.69, 9.17) is 24.7 Å². The van der Waals surface area contributed by atoms with Crippen LogP contribution in [0.15, 0.2) is 83.8 Å². The Bertz CT molecular complexity index is 5320. The summed E-state index contributed by atoms with van der Waals surface area (Å²) in [4.78, 5) is 210. The lowest BCUT2D eigenvalue weighted by atomic mass is 9.47. The number of nitrogens with two attached hydrogens (primary N) is 1. The summed E-state index contributed by atoms with van der Waals surface area (Å²) in [7, 11) is 7.02. The van der Waals surface area contributed by atoms with Gasteiger partial charge in [-0.1, -0.05) is 79.6 Å². The highest BCUT2D eigenvalue weighted by molar-refractivity contribution is 8.76. The predicted molar refractivity (Wildman–Crippen MR) is 462 cm³/mol. The summed E-state index contributed by atoms with van der Waals surface area (Å²) >= 11 is 0. The van der Waals surface area contributed by atoms with E-state index < -0.39 is 203 Å². The molecular formula is C86H107N15O24S2. The molecule has 127 heavy (non-hydrogen) atoms. The molecule has 0 radical (unpaired) electrons. The van der Waals surface area contributed by atoms with Crippen LogP contribution in [0.4, 0.5) is 22.1 Å². The van der Waals surface area contributed by atoms with Crippen LogP contribution in [0.1, 0.15) is 143 Å². The molecule has 16 N–H and O–H groups in total. The molecule has 1 saturated carbocycles. The van der Waals surface area contributed by atoms with Crippen molar-refractivity contribution in [3.63, 3.8) is 0 Å². The number of anilines is 3. The van der Waals surface area contributed by atoms with Gasteiger partial charge in [-0.2, -0.15) is 4.98 Å². The third-order valence-corrected chi connectivity index (χ3v) is 28.4. The molecule has 2 saturated heterocycles. The molecule has 12 rings (SSSR count). The van der Waals surface area contributed by atoms with Gasteiger partial charge in [0.05, 0.1) is 79.4 Å². The first-order chi connectivity index (χ1) is 60.5. The van der Waals surface area contributed by atoms with Gasteiger partial charge in [-0.25, -0.2) is 25.0 Å². The van der Waals surface area contributed by atoms with E-state index in [2.05, 4.69) is 85.9 Å². The van der Waals surface area contributed by atoms with Crippen LogP contribution in [0.2, 0.25) is 0 Å². The number of likely N-dealkylation sites (N-methyl/N-ethyl adjacent to an activating group) is 1. The molecule has 2 bridgehead atoms. The summed E-state index contributed by atoms with van der Waals surface area (Å²) in [6.45, 7) is 9.83. The number of Topliss-reactive ketones (excluding diaryl/α,β-unsaturated/α-hetero) is 3. The average molecular weight is 1800 g/mol. The number of rotatable bonds is 41. The number of ether oxygens (including phenoxy) is 4. The number of nitrogens with one attached hydrogen (secondary N) is 8. The molecule has 16 atom stereocenters. The standard InChI is InChI=1S/C86H107N15O24S2/c1-8-82(123-7)36-47-37-84(43-124-44-102,68-54(21-25-100(40-47)42-82)53-13-10-11-14-57(53)91-68)56-33-55-61(35-64(56)122-6)99(5)77-85(55)23-26-101-24-12-22-83(9-2,76(85)101)78(118)86(77,121)79(119)97-98-81(120)125-27-28-126-127-41-60(62(104)30-46(4)74(114)115)94-72(112)49(32-65(106)107)31-63(105)59(34-66(108)109)93-70(110)45(3)29-52(103)19-20-58(75(116)117)92-71(111)48-15-17-50(18-16-48)88-38-51-39-89-69-67(90-51)73(113)96-80(87)95-69/h10-18,22,33,35,39,44-47,49,58-60,76-78,88,91,118,121H,8-9,19-21,23-32,34,36-38,40-43H2,1-7H3,(H,92,111)(H,93,110)(H,94,112)(H,97,119)(H,98,120)(H,106,107)(H,108,109)(H,114,115)(H,116,117)(H3,87,89,95,96,113)/t45-,46-,47-,49+,58+,59+,60+,76+,77-,78-,82+,83-,84+,85-,86+/m1/s1. The van der Waals surface area contributed by atoms with Crippen molar-refractivity contribution < 1.29 is 112 Å². The number of aliphatic hydroxyl groups is 2. The Morgan fingerprint density at radius 2 is 1.52 bits per heavy atom. The van der Waals surface area contributed by atoms with Crippen LogP contribution in [-0.2, 0) is 90.7 Å². The number of aromatic amines is 2. The van der Waals surface area contributed by atoms with E-state index >= 15 is 4.79 Å². The first-order valence-electron chi connectivity index (χ1n) is 41.9. The Kier molecular flexibility index (Phi) is 29.6. The van der Waals surface area contributed by atoms with Crippen LogP contribution < -0.4 is 53.0 Å². The van der Waals surface area contributed by atoms with Gasteiger partial charge in [0.25, 0.3) is 23.8 Å². The third kappa shape index (κ3) is 19.6. The summed E-state index contributed by atoms with van der Waals surface area (Å²) in [5, 5.41) is 77.6. The van der Waals surface area contributed by atoms with Gasteiger partial charge in [0, 0.05) is 145 Å². The Morgan fingerprint density at radius 3 is 2.21 bits per heavy atom. The number of carboxylic acid groups (broad SMARTS) is 4. The maximum absolute atomic E-state index is 15.4. The Labute approximate surface area is 736 Å². The van der Waals surface area contributed by atoms with Crippen molar-refractivity contribution in [3.05, 3.63) is 123 Å². The number of methoxy groups -OCH3 is 2. The zero-order valence-corrected chi connectivity index (χ0v) is 72.9. The average Bonchev–Trinajstić information content (AvgIpc) is 1.48. The molecule has 41 heteroatoms. The minimum Gasteiger partial charge on any atom is -0.496 e. The number of aromatic nitrogens is 5. The lowest BCUT2D eigenvalue weighted by Gasteiger charge is -2.63. The summed E-state index contributed by atoms with van der Waals surface area (Å²) in [5.41, 5.74) is 8.80. The number of carboxylic acids is 4. The lowest BCUT2D eigenvalue weighted by molar-refractivity contribution is -0.204. The second-order valence-corrected chi connectivity index (χ2v) is 36.4. The number of H-pyrrole nitrogens is 2. The number of hydrogen-bond donors (Lipinski definition) is 15. The van der Waals surface area contributed by atoms with Gasteiger partial charge in [-0.05, 0) is 105 Å². The van der Waals surface area contributed by atoms with E-state index in [-0.39, 0.29) is 66.3 Å². The molecule has 3 fully saturated rings. The number of piperidine rings is 1. The van der Waals surface area contributed by atoms with Gasteiger partial charge in [-0.3, -0.25) is 77.7 Å². The fraction of sp³-hybridized carbons (Fsp3) is 0.523. The van der Waals surface area contributed by atoms with E-state index in [1.807, 2.05) is 48.2 Å². The number of hydrogen-bond acceptors (Lipinski definition) is 30. The summed E-state index contributed by atoms with van der Waals surface area (Å²) in [6.07, 6.45) is 0.206. The molecule has 1 spiro atoms. The molecule has 5 amide bonds. The smallest absolute Gasteiger partial charge is 0.426 e. The second-order valence-electron chi connectivity index (χ2n) is 33.8. The third-order valence-electron chi connectivity index (χ3n) is 26.0. The summed E-state index contributed by atoms with van der Waals surface area (Å²) < 4.78 is 24.5. The number of carbonyl (C=O) groups excluding carboxylic acids is 9. The van der Waals surface area contributed by atoms with Crippen molar-refractivity contribution in [3.8, 4) is 5.75 Å². The number of amides is 5. The predicted octanol–water partition coefficient (Wildman–Crippen LogP) is 3.69. The largest absolute Gasteiger partial charge is 0.496 e. The van der Waals surface area contributed by atoms with E-state index in [0.717, 1.165) is 75.4 Å². The summed E-state index contributed by atoms with van der Waals surface area (Å²) in [6, 6.07) is 11.2. The number of nitrogens with zero attached hydrogens (tertiary/aromatic N) is 6. The van der Waals surface area contributed by atoms with Gasteiger partial charge in [-0.15, -0.1) is 0 Å². The fourth-order valence-corrected chi connectivity index (χ4v) is 21.9. The van der Waals surface area contributed by atoms with Crippen LogP contribution in [0.5, 0.6) is 5.75 Å². The van der Waals surface area contributed by atoms with Crippen molar-refractivity contribution >= 4 is 138 Å². The van der Waals surface area contributed by atoms with Gasteiger partial charge >= 0.3 is 30.0 Å². The normalized spacial score (nSPS) is 24.6. The molecule has 6 aliphatic rings. The molecule has 682 valence electrons. The van der Waals surface area contributed by atoms with Crippen molar-refractivity contribution in [2.45, 2.75) is 176 Å². The molecule has 1 aliphatic carbocycles. The zero-order chi connectivity index (χ0) is 91.8. The quantitative estimate of drug-likeness (QED) is 0.00855. The van der Waals surface area contributed by atoms with Crippen molar-refractivity contribution in [2.24, 2.45) is 29.1 Å². The van der Waals surface area contributed by atoms with Gasteiger partial charge in [0.1, 0.15) is 36.9 Å². The molecular weight excluding hydrogens is 1690 g/mol. The SMILES string of the molecule is CC[C@]1(OC)C[C@H]2CN(CCc3c([nH]c4ccccc34)[C@@](COC=O)(c3cc4c(cc3OC)N(C)[C@H]3[C@@](O)(C(=O)NNC(=O)OCCSSC[C@H](NC(=O)[C@H](CC(=O)O)CC(=O)[C@H](CC(=O)O)NC(=O)[C@H](C)CC(=O)CC[C@H](NC(=O)c5ccc(NCc6cnc7nc(N)[nH]c(=O)c7n6)cc5)C(=O)O)C(=O)C[C@@H](C)C(=O)O)[C@H](O)[C@]5(CC)C=CCN6CC[C@]43[C@@H]65)C2)C1. The number of hydrazine groups is 1. The van der Waals surface area contributed by atoms with Gasteiger partial charge in [0.15, 0.2) is 28.3 Å². The minimum absolute atomic E-state index is 0.00556. The number of ketones is 3. The second kappa shape index (κ2) is 39.7. The van der Waals surface area contributed by atoms with Crippen molar-refractivity contribution in [1.82, 2.24) is 61.5 Å². The van der Waals surface area contributed by atoms with Crippen molar-refractivity contribution in [1.29, 1.82) is 0 Å². The monoisotopic (exact) mass is 1800 g/mol. The Balaban J connectivity index is 0.668. The highest BCUT2D eigenvalue weighted by atomic mass is 33.1. The van der Waals surface area contributed by atoms with Crippen LogP contribution >= 0.6 is 21.6 Å². The first-order valence-corrected chi connectivity index (χ1v) is 44.4. The van der Waals surface area contributed by atoms with Crippen LogP contribution in [-0.4, -0.2) is 269 Å². The van der Waals surface area contributed by atoms with E-state index in [0.29, 0.717) is 73.6 Å². The van der Waals surface area contributed by atoms with Gasteiger partial charge < -0.3 is 86.5 Å². The van der Waals surface area contributed by atoms with E-state index in [1.54, 1.807) is 21.3 Å². The van der Waals surface area contributed by atoms with Crippen LogP contribution in [0, 0.1) is 29.1 Å². The van der Waals surface area contributed by atoms with E-state index in [1.165, 1.54) is 44.3 Å². The molecule has 3 aromatic carbocycles. The number of nitrogen functional groups attached to an aromatic ring is 1. The topological polar surface area (TPSA) is 575 Å². The highest BCUT2D eigenvalue weighted by Crippen LogP contribution is 2.68. The molecule has 8 heterocycles. The summed E-state index contributed by atoms with van der Waals surface area (Å²) in [5.74, 6) is -17.4. The Morgan fingerprint density at radius 1 is 0.787 bits per heavy atom. The van der Waals surface area contributed by atoms with E-state index in [9.17, 15) is 93.0 Å².